The summed E-state index contributed by atoms with van der Waals surface area (Å²) < 4.78 is 5.38. The molecule has 160 valence electrons. The van der Waals surface area contributed by atoms with E-state index in [0.29, 0.717) is 29.3 Å². The van der Waals surface area contributed by atoms with E-state index in [4.69, 9.17) is 16.0 Å². The van der Waals surface area contributed by atoms with Crippen LogP contribution >= 0.6 is 11.6 Å². The standard InChI is InChI=1S/C22H26ClN3O4/c1-3-16(4-2)22(29)24(12-19-6-5-11-30-19)13-20(27)25-14-21(28)26(15-25)18-9-7-17(23)8-10-18/h5-11,16H,3-4,12-15H2,1-2H3. The third-order valence-electron chi connectivity index (χ3n) is 5.33. The number of anilines is 1. The molecule has 1 aromatic carbocycles. The van der Waals surface area contributed by atoms with E-state index >= 15 is 0 Å². The molecule has 0 radical (unpaired) electrons. The molecule has 1 aromatic heterocycles. The van der Waals surface area contributed by atoms with E-state index < -0.39 is 0 Å². The molecule has 0 N–H and O–H groups in total. The zero-order valence-electron chi connectivity index (χ0n) is 17.2. The van der Waals surface area contributed by atoms with Crippen LogP contribution in [0.4, 0.5) is 5.69 Å². The van der Waals surface area contributed by atoms with Crippen LogP contribution in [0.5, 0.6) is 0 Å². The molecule has 0 aliphatic carbocycles. The predicted molar refractivity (Wildman–Crippen MR) is 114 cm³/mol. The molecular weight excluding hydrogens is 406 g/mol. The maximum Gasteiger partial charge on any atom is 0.248 e. The molecule has 2 heterocycles. The highest BCUT2D eigenvalue weighted by molar-refractivity contribution is 6.30. The molecule has 1 fully saturated rings. The Balaban J connectivity index is 1.71. The number of furan rings is 1. The highest BCUT2D eigenvalue weighted by atomic mass is 35.5. The first-order valence-electron chi connectivity index (χ1n) is 10.1. The Morgan fingerprint density at radius 3 is 2.47 bits per heavy atom. The van der Waals surface area contributed by atoms with Crippen LogP contribution in [0.1, 0.15) is 32.4 Å². The van der Waals surface area contributed by atoms with Crippen molar-refractivity contribution >= 4 is 35.0 Å². The van der Waals surface area contributed by atoms with E-state index in [1.165, 1.54) is 14.7 Å². The Bertz CT molecular complexity index is 878. The molecule has 0 saturated carbocycles. The number of carbonyl (C=O) groups is 3. The van der Waals surface area contributed by atoms with Crippen LogP contribution in [0, 0.1) is 5.92 Å². The molecule has 1 aliphatic rings. The predicted octanol–water partition coefficient (Wildman–Crippen LogP) is 3.53. The molecule has 8 heteroatoms. The smallest absolute Gasteiger partial charge is 0.248 e. The van der Waals surface area contributed by atoms with Crippen LogP contribution in [0.3, 0.4) is 0 Å². The highest BCUT2D eigenvalue weighted by Gasteiger charge is 2.34. The van der Waals surface area contributed by atoms with Crippen molar-refractivity contribution in [1.29, 1.82) is 0 Å². The number of halogens is 1. The maximum absolute atomic E-state index is 13.0. The van der Waals surface area contributed by atoms with Gasteiger partial charge in [-0.2, -0.15) is 0 Å². The van der Waals surface area contributed by atoms with Crippen LogP contribution in [-0.4, -0.2) is 47.3 Å². The van der Waals surface area contributed by atoms with Crippen molar-refractivity contribution in [3.8, 4) is 0 Å². The minimum Gasteiger partial charge on any atom is -0.467 e. The van der Waals surface area contributed by atoms with Crippen LogP contribution in [0.2, 0.25) is 5.02 Å². The fourth-order valence-corrected chi connectivity index (χ4v) is 3.65. The third-order valence-corrected chi connectivity index (χ3v) is 5.58. The number of amides is 3. The molecule has 0 bridgehead atoms. The average molecular weight is 432 g/mol. The topological polar surface area (TPSA) is 74.1 Å². The van der Waals surface area contributed by atoms with Gasteiger partial charge in [-0.3, -0.25) is 19.3 Å². The van der Waals surface area contributed by atoms with Crippen LogP contribution in [0.15, 0.2) is 47.1 Å². The third kappa shape index (κ3) is 5.02. The molecular formula is C22H26ClN3O4. The monoisotopic (exact) mass is 431 g/mol. The first-order chi connectivity index (χ1) is 14.4. The molecule has 0 atom stereocenters. The molecule has 0 spiro atoms. The van der Waals surface area contributed by atoms with Crippen LogP contribution in [-0.2, 0) is 20.9 Å². The van der Waals surface area contributed by atoms with E-state index in [9.17, 15) is 14.4 Å². The molecule has 1 saturated heterocycles. The summed E-state index contributed by atoms with van der Waals surface area (Å²) in [6.45, 7) is 4.17. The summed E-state index contributed by atoms with van der Waals surface area (Å²) in [5.74, 6) is -0.0639. The number of nitrogens with zero attached hydrogens (tertiary/aromatic N) is 3. The van der Waals surface area contributed by atoms with Crippen molar-refractivity contribution in [3.05, 3.63) is 53.4 Å². The van der Waals surface area contributed by atoms with Gasteiger partial charge in [-0.1, -0.05) is 25.4 Å². The number of hydrogen-bond acceptors (Lipinski definition) is 4. The SMILES string of the molecule is CCC(CC)C(=O)N(CC(=O)N1CC(=O)N(c2ccc(Cl)cc2)C1)Cc1ccco1. The van der Waals surface area contributed by atoms with E-state index in [-0.39, 0.29) is 49.9 Å². The highest BCUT2D eigenvalue weighted by Crippen LogP contribution is 2.22. The first kappa shape index (κ1) is 21.9. The van der Waals surface area contributed by atoms with Gasteiger partial charge in [0.15, 0.2) is 0 Å². The minimum absolute atomic E-state index is 0.0186. The van der Waals surface area contributed by atoms with Crippen LogP contribution < -0.4 is 4.90 Å². The summed E-state index contributed by atoms with van der Waals surface area (Å²) in [6, 6.07) is 10.4. The summed E-state index contributed by atoms with van der Waals surface area (Å²) in [6.07, 6.45) is 2.94. The number of carbonyl (C=O) groups excluding carboxylic acids is 3. The summed E-state index contributed by atoms with van der Waals surface area (Å²) in [7, 11) is 0. The van der Waals surface area contributed by atoms with Crippen molar-refractivity contribution in [3.63, 3.8) is 0 Å². The molecule has 7 nitrogen and oxygen atoms in total. The van der Waals surface area contributed by atoms with Crippen molar-refractivity contribution in [1.82, 2.24) is 9.80 Å². The van der Waals surface area contributed by atoms with E-state index in [1.54, 1.807) is 42.7 Å². The molecule has 3 rings (SSSR count). The van der Waals surface area contributed by atoms with E-state index in [2.05, 4.69) is 0 Å². The molecule has 0 unspecified atom stereocenters. The molecule has 1 aliphatic heterocycles. The lowest BCUT2D eigenvalue weighted by molar-refractivity contribution is -0.143. The van der Waals surface area contributed by atoms with Gasteiger partial charge in [0, 0.05) is 16.6 Å². The molecule has 3 amide bonds. The summed E-state index contributed by atoms with van der Waals surface area (Å²) >= 11 is 5.92. The normalized spacial score (nSPS) is 13.9. The van der Waals surface area contributed by atoms with Gasteiger partial charge in [0.2, 0.25) is 17.7 Å². The van der Waals surface area contributed by atoms with Gasteiger partial charge in [0.05, 0.1) is 12.8 Å². The second-order valence-corrected chi connectivity index (χ2v) is 7.75. The molecule has 2 aromatic rings. The van der Waals surface area contributed by atoms with Gasteiger partial charge >= 0.3 is 0 Å². The largest absolute Gasteiger partial charge is 0.467 e. The summed E-state index contributed by atoms with van der Waals surface area (Å²) in [4.78, 5) is 42.9. The average Bonchev–Trinajstić information content (AvgIpc) is 3.38. The zero-order valence-corrected chi connectivity index (χ0v) is 18.0. The van der Waals surface area contributed by atoms with Gasteiger partial charge in [0.25, 0.3) is 0 Å². The quantitative estimate of drug-likeness (QED) is 0.640. The van der Waals surface area contributed by atoms with Gasteiger partial charge < -0.3 is 14.2 Å². The lowest BCUT2D eigenvalue weighted by atomic mass is 10.0. The number of rotatable bonds is 8. The number of benzene rings is 1. The van der Waals surface area contributed by atoms with Gasteiger partial charge in [-0.25, -0.2) is 0 Å². The Labute approximate surface area is 181 Å². The number of hydrogen-bond donors (Lipinski definition) is 0. The first-order valence-corrected chi connectivity index (χ1v) is 10.5. The van der Waals surface area contributed by atoms with Crippen molar-refractivity contribution in [2.45, 2.75) is 33.2 Å². The summed E-state index contributed by atoms with van der Waals surface area (Å²) in [5.41, 5.74) is 0.681. The lowest BCUT2D eigenvalue weighted by Crippen LogP contribution is -2.44. The van der Waals surface area contributed by atoms with Gasteiger partial charge in [-0.05, 0) is 49.2 Å². The van der Waals surface area contributed by atoms with E-state index in [1.807, 2.05) is 13.8 Å². The lowest BCUT2D eigenvalue weighted by Gasteiger charge is -2.27. The van der Waals surface area contributed by atoms with Crippen molar-refractivity contribution in [2.24, 2.45) is 5.92 Å². The second-order valence-electron chi connectivity index (χ2n) is 7.32. The second kappa shape index (κ2) is 9.80. The van der Waals surface area contributed by atoms with Crippen LogP contribution in [0.25, 0.3) is 0 Å². The fraction of sp³-hybridized carbons (Fsp3) is 0.409. The Hall–Kier alpha value is -2.80. The summed E-state index contributed by atoms with van der Waals surface area (Å²) in [5, 5.41) is 0.576. The molecule has 30 heavy (non-hydrogen) atoms. The van der Waals surface area contributed by atoms with E-state index in [0.717, 1.165) is 0 Å². The Morgan fingerprint density at radius 2 is 1.87 bits per heavy atom. The Kier molecular flexibility index (Phi) is 7.15. The Morgan fingerprint density at radius 1 is 1.17 bits per heavy atom. The van der Waals surface area contributed by atoms with Gasteiger partial charge in [-0.15, -0.1) is 0 Å². The minimum atomic E-state index is -0.273. The van der Waals surface area contributed by atoms with Gasteiger partial charge in [0.1, 0.15) is 25.5 Å². The maximum atomic E-state index is 13.0. The fourth-order valence-electron chi connectivity index (χ4n) is 3.52. The zero-order chi connectivity index (χ0) is 21.7. The van der Waals surface area contributed by atoms with Crippen molar-refractivity contribution in [2.75, 3.05) is 24.7 Å². The van der Waals surface area contributed by atoms with Crippen molar-refractivity contribution < 1.29 is 18.8 Å².